The van der Waals surface area contributed by atoms with Crippen molar-refractivity contribution in [2.45, 2.75) is 78.6 Å². The van der Waals surface area contributed by atoms with E-state index in [9.17, 15) is 0 Å². The molecule has 0 saturated carbocycles. The second-order valence-electron chi connectivity index (χ2n) is 22.3. The summed E-state index contributed by atoms with van der Waals surface area (Å²) >= 11 is 0. The van der Waals surface area contributed by atoms with Gasteiger partial charge in [0, 0.05) is 0 Å². The van der Waals surface area contributed by atoms with Gasteiger partial charge in [-0.05, 0) is 0 Å². The molecular formula is C66H68O3P4. The molecule has 9 aromatic rings. The topological polar surface area (TPSA) is 51.2 Å². The minimum atomic E-state index is -5.82. The summed E-state index contributed by atoms with van der Waals surface area (Å²) in [6.07, 6.45) is 0. The van der Waals surface area contributed by atoms with E-state index in [0.717, 1.165) is 16.7 Å². The second kappa shape index (κ2) is 19.4. The standard InChI is InChI=1S/C66H68O3P4/c1-64(2,3)56-43-25-28-46-59(56)70(67,51-33-15-10-16-34-51)62-49-31-32-50-63(62)73(54-39-21-13-22-40-54,55-41-23-14-24-42-55,71(68,52-35-17-11-18-36-52)60-47-29-26-44-57(60)65(4,5)6)72(69,53-37-19-12-20-38-53)61-48-30-27-45-58(61)66(7,8)9/h10-50H,1-9H3. The van der Waals surface area contributed by atoms with Crippen LogP contribution in [0, 0.1) is 0 Å². The summed E-state index contributed by atoms with van der Waals surface area (Å²) in [6.45, 7) is 10.2. The molecule has 0 aliphatic carbocycles. The summed E-state index contributed by atoms with van der Waals surface area (Å²) in [5.41, 5.74) is 1.14. The van der Waals surface area contributed by atoms with Gasteiger partial charge >= 0.3 is 437 Å². The van der Waals surface area contributed by atoms with E-state index in [2.05, 4.69) is 123 Å². The quantitative estimate of drug-likeness (QED) is 0.115. The molecule has 3 atom stereocenters. The van der Waals surface area contributed by atoms with Gasteiger partial charge in [0.15, 0.2) is 0 Å². The van der Waals surface area contributed by atoms with Crippen molar-refractivity contribution in [3.8, 4) is 0 Å². The van der Waals surface area contributed by atoms with Crippen LogP contribution in [0.15, 0.2) is 249 Å². The van der Waals surface area contributed by atoms with Crippen LogP contribution >= 0.6 is 26.8 Å². The Morgan fingerprint density at radius 1 is 0.274 bits per heavy atom. The van der Waals surface area contributed by atoms with Gasteiger partial charge in [0.1, 0.15) is 0 Å². The first kappa shape index (κ1) is 52.0. The van der Waals surface area contributed by atoms with Crippen molar-refractivity contribution in [2.24, 2.45) is 0 Å². The molecule has 0 spiro atoms. The fourth-order valence-electron chi connectivity index (χ4n) is 11.6. The van der Waals surface area contributed by atoms with E-state index in [1.807, 2.05) is 188 Å². The average molecular weight is 1030 g/mol. The van der Waals surface area contributed by atoms with Gasteiger partial charge in [0.2, 0.25) is 0 Å². The third-order valence-electron chi connectivity index (χ3n) is 14.7. The molecule has 73 heavy (non-hydrogen) atoms. The van der Waals surface area contributed by atoms with Crippen LogP contribution in [0.3, 0.4) is 0 Å². The van der Waals surface area contributed by atoms with Crippen LogP contribution in [-0.2, 0) is 29.9 Å². The van der Waals surface area contributed by atoms with E-state index in [-0.39, 0.29) is 0 Å². The molecule has 0 bridgehead atoms. The number of hydrogen-bond donors (Lipinski definition) is 0. The summed E-state index contributed by atoms with van der Waals surface area (Å²) in [5, 5.41) is 6.17. The van der Waals surface area contributed by atoms with Gasteiger partial charge in [0.05, 0.1) is 0 Å². The van der Waals surface area contributed by atoms with E-state index in [0.29, 0.717) is 53.0 Å². The normalized spacial score (nSPS) is 15.4. The first-order valence-electron chi connectivity index (χ1n) is 25.3. The van der Waals surface area contributed by atoms with E-state index in [1.165, 1.54) is 0 Å². The molecule has 0 heterocycles. The molecule has 0 aliphatic heterocycles. The molecule has 0 aliphatic rings. The van der Waals surface area contributed by atoms with Crippen LogP contribution in [0.25, 0.3) is 0 Å². The molecule has 0 fully saturated rings. The molecular weight excluding hydrogens is 965 g/mol. The first-order chi connectivity index (χ1) is 34.8. The Balaban J connectivity index is 1.78. The Labute approximate surface area is 435 Å². The Morgan fingerprint density at radius 2 is 0.534 bits per heavy atom. The monoisotopic (exact) mass is 1030 g/mol. The third-order valence-corrected chi connectivity index (χ3v) is 46.1. The molecule has 0 amide bonds. The predicted molar refractivity (Wildman–Crippen MR) is 320 cm³/mol. The van der Waals surface area contributed by atoms with E-state index >= 15 is 13.7 Å². The summed E-state index contributed by atoms with van der Waals surface area (Å²) in [4.78, 5) is 0. The van der Waals surface area contributed by atoms with Crippen LogP contribution in [0.1, 0.15) is 79.0 Å². The molecule has 0 saturated heterocycles. The summed E-state index contributed by atoms with van der Waals surface area (Å²) < 4.78 is 59.2. The van der Waals surface area contributed by atoms with Crippen LogP contribution in [0.4, 0.5) is 0 Å². The Morgan fingerprint density at radius 3 is 0.890 bits per heavy atom. The molecule has 3 unspecified atom stereocenters. The van der Waals surface area contributed by atoms with E-state index in [1.54, 1.807) is 0 Å². The van der Waals surface area contributed by atoms with Gasteiger partial charge < -0.3 is 0 Å². The molecule has 9 aromatic carbocycles. The Bertz CT molecular complexity index is 3400. The molecule has 3 nitrogen and oxygen atoms in total. The predicted octanol–water partition coefficient (Wildman–Crippen LogP) is 13.9. The Hall–Kier alpha value is -5.90. The number of rotatable bonds is 12. The van der Waals surface area contributed by atoms with Crippen LogP contribution in [-0.4, -0.2) is 0 Å². The molecule has 0 radical (unpaired) electrons. The summed E-state index contributed by atoms with van der Waals surface area (Å²) in [7, 11) is -4.13. The molecule has 7 heteroatoms. The molecule has 370 valence electrons. The zero-order valence-electron chi connectivity index (χ0n) is 43.7. The van der Waals surface area contributed by atoms with Gasteiger partial charge in [0.25, 0.3) is 0 Å². The maximum absolute atomic E-state index is 20.4. The van der Waals surface area contributed by atoms with Crippen molar-refractivity contribution in [1.29, 1.82) is 0 Å². The van der Waals surface area contributed by atoms with Gasteiger partial charge in [-0.3, -0.25) is 0 Å². The first-order valence-corrected chi connectivity index (χ1v) is 34.1. The second-order valence-corrected chi connectivity index (χ2v) is 41.9. The summed E-state index contributed by atoms with van der Waals surface area (Å²) in [6, 6.07) is 82.8. The van der Waals surface area contributed by atoms with Crippen molar-refractivity contribution >= 4 is 79.8 Å². The van der Waals surface area contributed by atoms with Gasteiger partial charge in [-0.2, -0.15) is 0 Å². The van der Waals surface area contributed by atoms with Crippen molar-refractivity contribution in [3.05, 3.63) is 265 Å². The maximum atomic E-state index is 20.4. The SMILES string of the molecule is CC(C)(C)c1ccccc1P(=O)(c1ccccc1)c1ccccc1P(c1ccccc1)(c1ccccc1)(P(=O)(c1ccccc1)c1ccccc1C(C)(C)C)P(=O)(c1ccccc1)c1ccccc1C(C)(C)C. The van der Waals surface area contributed by atoms with Gasteiger partial charge in [-0.15, -0.1) is 0 Å². The van der Waals surface area contributed by atoms with Crippen LogP contribution in [0.5, 0.6) is 0 Å². The van der Waals surface area contributed by atoms with E-state index in [4.69, 9.17) is 0 Å². The van der Waals surface area contributed by atoms with Crippen molar-refractivity contribution < 1.29 is 13.7 Å². The zero-order valence-corrected chi connectivity index (χ0v) is 47.3. The fraction of sp³-hybridized carbons (Fsp3) is 0.182. The molecule has 0 N–H and O–H groups in total. The van der Waals surface area contributed by atoms with Crippen molar-refractivity contribution in [1.82, 2.24) is 0 Å². The van der Waals surface area contributed by atoms with Gasteiger partial charge in [-0.1, -0.05) is 0 Å². The average Bonchev–Trinajstić information content (AvgIpc) is 3.41. The molecule has 9 rings (SSSR count). The number of benzene rings is 9. The molecule has 0 aromatic heterocycles. The van der Waals surface area contributed by atoms with Crippen molar-refractivity contribution in [3.63, 3.8) is 0 Å². The zero-order chi connectivity index (χ0) is 51.9. The van der Waals surface area contributed by atoms with Gasteiger partial charge in [-0.25, -0.2) is 0 Å². The third kappa shape index (κ3) is 7.84. The number of hydrogen-bond acceptors (Lipinski definition) is 3. The van der Waals surface area contributed by atoms with Crippen LogP contribution in [0.2, 0.25) is 0 Å². The van der Waals surface area contributed by atoms with Crippen molar-refractivity contribution in [2.75, 3.05) is 0 Å². The fourth-order valence-corrected chi connectivity index (χ4v) is 50.5. The van der Waals surface area contributed by atoms with Crippen LogP contribution < -0.4 is 53.0 Å². The summed E-state index contributed by atoms with van der Waals surface area (Å²) in [5.74, 6) is -5.82. The minimum absolute atomic E-state index is 0.448. The van der Waals surface area contributed by atoms with E-state index < -0.39 is 43.0 Å². The Kier molecular flexibility index (Phi) is 13.8.